The van der Waals surface area contributed by atoms with E-state index in [-0.39, 0.29) is 0 Å². The van der Waals surface area contributed by atoms with Crippen LogP contribution in [0.4, 0.5) is 11.5 Å². The first-order valence-electron chi connectivity index (χ1n) is 4.78. The lowest BCUT2D eigenvalue weighted by molar-refractivity contribution is 1.04. The zero-order valence-electron chi connectivity index (χ0n) is 8.84. The number of hydrogen-bond acceptors (Lipinski definition) is 3. The van der Waals surface area contributed by atoms with Gasteiger partial charge in [-0.05, 0) is 63.6 Å². The highest BCUT2D eigenvalue weighted by Gasteiger charge is 2.04. The molecule has 88 valence electrons. The molecular weight excluding hydrogens is 416 g/mol. The summed E-state index contributed by atoms with van der Waals surface area (Å²) in [6.07, 6.45) is 0. The number of nitrogens with one attached hydrogen (secondary N) is 1. The van der Waals surface area contributed by atoms with Crippen molar-refractivity contribution in [3.05, 3.63) is 43.3 Å². The molecule has 0 atom stereocenters. The molecule has 0 spiro atoms. The summed E-state index contributed by atoms with van der Waals surface area (Å²) >= 11 is 11.5. The van der Waals surface area contributed by atoms with Gasteiger partial charge in [-0.3, -0.25) is 0 Å². The highest BCUT2D eigenvalue weighted by molar-refractivity contribution is 14.1. The van der Waals surface area contributed by atoms with Crippen LogP contribution in [-0.4, -0.2) is 9.97 Å². The Hall–Kier alpha value is -0.400. The second kappa shape index (κ2) is 5.49. The average molecular weight is 424 g/mol. The second-order valence-electron chi connectivity index (χ2n) is 3.37. The molecule has 3 nitrogen and oxygen atoms in total. The molecule has 17 heavy (non-hydrogen) atoms. The number of aryl methyl sites for hydroxylation is 1. The lowest BCUT2D eigenvalue weighted by atomic mass is 10.3. The third-order valence-electron chi connectivity index (χ3n) is 2.00. The molecule has 6 heteroatoms. The Kier molecular flexibility index (Phi) is 4.22. The van der Waals surface area contributed by atoms with Crippen LogP contribution in [0.5, 0.6) is 0 Å². The van der Waals surface area contributed by atoms with Crippen molar-refractivity contribution >= 4 is 61.6 Å². The predicted molar refractivity (Wildman–Crippen MR) is 81.9 cm³/mol. The van der Waals surface area contributed by atoms with Crippen molar-refractivity contribution in [3.8, 4) is 0 Å². The van der Waals surface area contributed by atoms with Crippen LogP contribution in [0.3, 0.4) is 0 Å². The van der Waals surface area contributed by atoms with Gasteiger partial charge in [-0.2, -0.15) is 0 Å². The van der Waals surface area contributed by atoms with Crippen LogP contribution in [0.1, 0.15) is 5.82 Å². The van der Waals surface area contributed by atoms with Crippen LogP contribution in [-0.2, 0) is 0 Å². The molecule has 0 aliphatic rings. The molecule has 1 aromatic carbocycles. The van der Waals surface area contributed by atoms with E-state index in [1.807, 2.05) is 31.2 Å². The second-order valence-corrected chi connectivity index (χ2v) is 5.78. The summed E-state index contributed by atoms with van der Waals surface area (Å²) in [7, 11) is 0. The zero-order chi connectivity index (χ0) is 12.4. The van der Waals surface area contributed by atoms with Gasteiger partial charge in [0.25, 0.3) is 0 Å². The van der Waals surface area contributed by atoms with Crippen molar-refractivity contribution in [2.45, 2.75) is 6.92 Å². The Morgan fingerprint density at radius 1 is 1.29 bits per heavy atom. The number of anilines is 2. The third kappa shape index (κ3) is 3.53. The topological polar surface area (TPSA) is 37.8 Å². The van der Waals surface area contributed by atoms with Gasteiger partial charge in [0.1, 0.15) is 16.2 Å². The molecule has 0 bridgehead atoms. The monoisotopic (exact) mass is 423 g/mol. The number of aromatic nitrogens is 2. The maximum absolute atomic E-state index is 5.90. The molecule has 0 saturated carbocycles. The van der Waals surface area contributed by atoms with E-state index in [1.165, 1.54) is 0 Å². The van der Waals surface area contributed by atoms with Gasteiger partial charge in [-0.15, -0.1) is 0 Å². The first-order valence-corrected chi connectivity index (χ1v) is 7.03. The number of rotatable bonds is 2. The van der Waals surface area contributed by atoms with Crippen LogP contribution in [0, 0.1) is 10.5 Å². The molecular formula is C11H8BrClIN3. The van der Waals surface area contributed by atoms with E-state index < -0.39 is 0 Å². The summed E-state index contributed by atoms with van der Waals surface area (Å²) in [5.74, 6) is 1.47. The summed E-state index contributed by atoms with van der Waals surface area (Å²) in [5.41, 5.74) is 0.972. The maximum Gasteiger partial charge on any atom is 0.135 e. The Morgan fingerprint density at radius 2 is 2.06 bits per heavy atom. The van der Waals surface area contributed by atoms with Gasteiger partial charge in [0.15, 0.2) is 0 Å². The molecule has 2 aromatic rings. The molecule has 1 N–H and O–H groups in total. The minimum absolute atomic E-state index is 0.714. The van der Waals surface area contributed by atoms with Gasteiger partial charge >= 0.3 is 0 Å². The van der Waals surface area contributed by atoms with Gasteiger partial charge in [0, 0.05) is 14.7 Å². The van der Waals surface area contributed by atoms with Crippen molar-refractivity contribution in [2.24, 2.45) is 0 Å². The van der Waals surface area contributed by atoms with Crippen molar-refractivity contribution in [2.75, 3.05) is 5.32 Å². The normalized spacial score (nSPS) is 10.4. The quantitative estimate of drug-likeness (QED) is 0.568. The SMILES string of the molecule is Cc1nc(Br)cc(Nc2ccc(Cl)cc2I)n1. The van der Waals surface area contributed by atoms with Crippen molar-refractivity contribution in [3.63, 3.8) is 0 Å². The fraction of sp³-hybridized carbons (Fsp3) is 0.0909. The largest absolute Gasteiger partial charge is 0.339 e. The number of nitrogens with zero attached hydrogens (tertiary/aromatic N) is 2. The molecule has 0 amide bonds. The van der Waals surface area contributed by atoms with Gasteiger partial charge in [0.05, 0.1) is 5.69 Å². The fourth-order valence-electron chi connectivity index (χ4n) is 1.32. The summed E-state index contributed by atoms with van der Waals surface area (Å²) in [6.45, 7) is 1.85. The van der Waals surface area contributed by atoms with E-state index in [9.17, 15) is 0 Å². The van der Waals surface area contributed by atoms with Gasteiger partial charge < -0.3 is 5.32 Å². The van der Waals surface area contributed by atoms with Crippen LogP contribution >= 0.6 is 50.1 Å². The molecule has 1 aromatic heterocycles. The lowest BCUT2D eigenvalue weighted by Gasteiger charge is -2.08. The first kappa shape index (κ1) is 13.0. The van der Waals surface area contributed by atoms with Crippen LogP contribution in [0.2, 0.25) is 5.02 Å². The molecule has 0 unspecified atom stereocenters. The Balaban J connectivity index is 2.31. The Labute approximate surface area is 126 Å². The van der Waals surface area contributed by atoms with E-state index in [1.54, 1.807) is 0 Å². The van der Waals surface area contributed by atoms with Crippen LogP contribution in [0.25, 0.3) is 0 Å². The van der Waals surface area contributed by atoms with E-state index >= 15 is 0 Å². The molecule has 0 fully saturated rings. The van der Waals surface area contributed by atoms with Crippen LogP contribution in [0.15, 0.2) is 28.9 Å². The van der Waals surface area contributed by atoms with Crippen molar-refractivity contribution in [1.82, 2.24) is 9.97 Å². The molecule has 1 heterocycles. The van der Waals surface area contributed by atoms with E-state index in [2.05, 4.69) is 53.8 Å². The first-order chi connectivity index (χ1) is 8.04. The highest BCUT2D eigenvalue weighted by atomic mass is 127. The Bertz CT molecular complexity index is 542. The molecule has 0 saturated heterocycles. The van der Waals surface area contributed by atoms with Gasteiger partial charge in [-0.1, -0.05) is 11.6 Å². The smallest absolute Gasteiger partial charge is 0.135 e. The minimum Gasteiger partial charge on any atom is -0.339 e. The molecule has 2 rings (SSSR count). The average Bonchev–Trinajstić information content (AvgIpc) is 2.21. The number of benzene rings is 1. The van der Waals surface area contributed by atoms with E-state index in [0.29, 0.717) is 5.82 Å². The van der Waals surface area contributed by atoms with E-state index in [4.69, 9.17) is 11.6 Å². The molecule has 0 aliphatic carbocycles. The number of hydrogen-bond donors (Lipinski definition) is 1. The third-order valence-corrected chi connectivity index (χ3v) is 3.53. The van der Waals surface area contributed by atoms with Crippen molar-refractivity contribution < 1.29 is 0 Å². The Morgan fingerprint density at radius 3 is 2.71 bits per heavy atom. The summed E-state index contributed by atoms with van der Waals surface area (Å²) in [4.78, 5) is 8.46. The lowest BCUT2D eigenvalue weighted by Crippen LogP contribution is -1.98. The highest BCUT2D eigenvalue weighted by Crippen LogP contribution is 2.25. The van der Waals surface area contributed by atoms with Gasteiger partial charge in [0.2, 0.25) is 0 Å². The van der Waals surface area contributed by atoms with E-state index in [0.717, 1.165) is 24.7 Å². The maximum atomic E-state index is 5.90. The molecule has 0 aliphatic heterocycles. The zero-order valence-corrected chi connectivity index (χ0v) is 13.3. The summed E-state index contributed by atoms with van der Waals surface area (Å²) in [6, 6.07) is 7.50. The minimum atomic E-state index is 0.714. The summed E-state index contributed by atoms with van der Waals surface area (Å²) in [5, 5.41) is 3.96. The van der Waals surface area contributed by atoms with Gasteiger partial charge in [-0.25, -0.2) is 9.97 Å². The van der Waals surface area contributed by atoms with Crippen LogP contribution < -0.4 is 5.32 Å². The summed E-state index contributed by atoms with van der Waals surface area (Å²) < 4.78 is 1.80. The molecule has 0 radical (unpaired) electrons. The predicted octanol–water partition coefficient (Wildman–Crippen LogP) is 4.55. The number of halogens is 3. The fourth-order valence-corrected chi connectivity index (χ4v) is 2.80. The van der Waals surface area contributed by atoms with Crippen molar-refractivity contribution in [1.29, 1.82) is 0 Å². The standard InChI is InChI=1S/C11H8BrClIN3/c1-6-15-10(12)5-11(16-6)17-9-3-2-7(13)4-8(9)14/h2-5H,1H3,(H,15,16,17).